The molecular formula is C12H21N3O. The van der Waals surface area contributed by atoms with Crippen molar-refractivity contribution in [3.05, 3.63) is 18.2 Å². The third-order valence-corrected chi connectivity index (χ3v) is 3.19. The van der Waals surface area contributed by atoms with E-state index in [1.54, 1.807) is 0 Å². The molecule has 1 aromatic heterocycles. The third kappa shape index (κ3) is 2.28. The highest BCUT2D eigenvalue weighted by atomic mass is 16.5. The van der Waals surface area contributed by atoms with Gasteiger partial charge in [-0.05, 0) is 32.6 Å². The van der Waals surface area contributed by atoms with Gasteiger partial charge in [0.1, 0.15) is 5.82 Å². The Bertz CT molecular complexity index is 333. The molecule has 4 heteroatoms. The van der Waals surface area contributed by atoms with Crippen molar-refractivity contribution in [3.8, 4) is 0 Å². The van der Waals surface area contributed by atoms with Crippen LogP contribution in [0.2, 0.25) is 0 Å². The summed E-state index contributed by atoms with van der Waals surface area (Å²) in [4.78, 5) is 4.36. The Morgan fingerprint density at radius 1 is 1.56 bits per heavy atom. The van der Waals surface area contributed by atoms with E-state index in [1.807, 2.05) is 19.3 Å². The number of hydrogen-bond acceptors (Lipinski definition) is 3. The van der Waals surface area contributed by atoms with Gasteiger partial charge < -0.3 is 15.0 Å². The van der Waals surface area contributed by atoms with E-state index in [9.17, 15) is 0 Å². The largest absolute Gasteiger partial charge is 0.376 e. The molecule has 0 saturated heterocycles. The van der Waals surface area contributed by atoms with Gasteiger partial charge in [0, 0.05) is 25.5 Å². The van der Waals surface area contributed by atoms with Crippen LogP contribution in [-0.2, 0) is 11.3 Å². The van der Waals surface area contributed by atoms with Crippen LogP contribution in [0.5, 0.6) is 0 Å². The van der Waals surface area contributed by atoms with E-state index in [0.717, 1.165) is 19.0 Å². The standard InChI is InChI=1S/C12H21N3O/c1-3-15-8-7-14-12(15)10(13)11(16-4-2)9-5-6-9/h7-11H,3-6,13H2,1-2H3. The van der Waals surface area contributed by atoms with E-state index in [0.29, 0.717) is 5.92 Å². The van der Waals surface area contributed by atoms with Crippen LogP contribution >= 0.6 is 0 Å². The van der Waals surface area contributed by atoms with Crippen LogP contribution in [0.3, 0.4) is 0 Å². The molecule has 0 amide bonds. The number of aryl methyl sites for hydroxylation is 1. The average Bonchev–Trinajstić information content (AvgIpc) is 3.01. The van der Waals surface area contributed by atoms with Crippen LogP contribution in [0.4, 0.5) is 0 Å². The first-order valence-electron chi connectivity index (χ1n) is 6.16. The number of nitrogens with two attached hydrogens (primary N) is 1. The fourth-order valence-corrected chi connectivity index (χ4v) is 2.18. The summed E-state index contributed by atoms with van der Waals surface area (Å²) in [6.07, 6.45) is 6.41. The first-order valence-corrected chi connectivity index (χ1v) is 6.16. The van der Waals surface area contributed by atoms with Gasteiger partial charge in [-0.3, -0.25) is 0 Å². The molecule has 2 N–H and O–H groups in total. The molecule has 0 bridgehead atoms. The van der Waals surface area contributed by atoms with Crippen LogP contribution in [0, 0.1) is 5.92 Å². The molecular weight excluding hydrogens is 202 g/mol. The van der Waals surface area contributed by atoms with E-state index < -0.39 is 0 Å². The maximum atomic E-state index is 6.28. The van der Waals surface area contributed by atoms with E-state index >= 15 is 0 Å². The number of imidazole rings is 1. The number of aromatic nitrogens is 2. The molecule has 1 saturated carbocycles. The SMILES string of the molecule is CCOC(C1CC1)C(N)c1nccn1CC. The molecule has 0 aliphatic heterocycles. The van der Waals surface area contributed by atoms with E-state index in [1.165, 1.54) is 12.8 Å². The smallest absolute Gasteiger partial charge is 0.128 e. The lowest BCUT2D eigenvalue weighted by molar-refractivity contribution is 0.0256. The first-order chi connectivity index (χ1) is 7.77. The Labute approximate surface area is 96.8 Å². The summed E-state index contributed by atoms with van der Waals surface area (Å²) in [5, 5.41) is 0. The zero-order chi connectivity index (χ0) is 11.5. The second-order valence-corrected chi connectivity index (χ2v) is 4.35. The topological polar surface area (TPSA) is 53.1 Å². The number of ether oxygens (including phenoxy) is 1. The van der Waals surface area contributed by atoms with Crippen molar-refractivity contribution >= 4 is 0 Å². The van der Waals surface area contributed by atoms with Crippen molar-refractivity contribution in [1.29, 1.82) is 0 Å². The fourth-order valence-electron chi connectivity index (χ4n) is 2.18. The lowest BCUT2D eigenvalue weighted by Gasteiger charge is -2.23. The van der Waals surface area contributed by atoms with Crippen molar-refractivity contribution in [2.45, 2.75) is 45.4 Å². The summed E-state index contributed by atoms with van der Waals surface area (Å²) in [7, 11) is 0. The molecule has 1 fully saturated rings. The molecule has 2 unspecified atom stereocenters. The number of hydrogen-bond donors (Lipinski definition) is 1. The predicted octanol–water partition coefficient (Wildman–Crippen LogP) is 1.72. The second kappa shape index (κ2) is 4.97. The Morgan fingerprint density at radius 2 is 2.31 bits per heavy atom. The minimum atomic E-state index is -0.0950. The Morgan fingerprint density at radius 3 is 2.88 bits per heavy atom. The lowest BCUT2D eigenvalue weighted by atomic mass is 10.1. The molecule has 1 aliphatic carbocycles. The predicted molar refractivity (Wildman–Crippen MR) is 63.0 cm³/mol. The Kier molecular flexibility index (Phi) is 3.61. The van der Waals surface area contributed by atoms with Gasteiger partial charge in [0.25, 0.3) is 0 Å². The maximum Gasteiger partial charge on any atom is 0.128 e. The first kappa shape index (κ1) is 11.6. The zero-order valence-electron chi connectivity index (χ0n) is 10.1. The van der Waals surface area contributed by atoms with Crippen molar-refractivity contribution in [2.75, 3.05) is 6.61 Å². The molecule has 1 heterocycles. The zero-order valence-corrected chi connectivity index (χ0v) is 10.1. The molecule has 0 aromatic carbocycles. The highest BCUT2D eigenvalue weighted by Crippen LogP contribution is 2.38. The van der Waals surface area contributed by atoms with Gasteiger partial charge in [0.15, 0.2) is 0 Å². The summed E-state index contributed by atoms with van der Waals surface area (Å²) in [6, 6.07) is -0.0950. The Hall–Kier alpha value is -0.870. The van der Waals surface area contributed by atoms with Gasteiger partial charge in [-0.1, -0.05) is 0 Å². The highest BCUT2D eigenvalue weighted by Gasteiger charge is 2.37. The second-order valence-electron chi connectivity index (χ2n) is 4.35. The van der Waals surface area contributed by atoms with Crippen LogP contribution in [-0.4, -0.2) is 22.3 Å². The highest BCUT2D eigenvalue weighted by molar-refractivity contribution is 5.04. The average molecular weight is 223 g/mol. The Balaban J connectivity index is 2.11. The molecule has 1 aromatic rings. The van der Waals surface area contributed by atoms with E-state index in [2.05, 4.69) is 16.5 Å². The molecule has 2 atom stereocenters. The van der Waals surface area contributed by atoms with Crippen LogP contribution < -0.4 is 5.73 Å². The summed E-state index contributed by atoms with van der Waals surface area (Å²) in [6.45, 7) is 5.76. The molecule has 2 rings (SSSR count). The minimum Gasteiger partial charge on any atom is -0.376 e. The summed E-state index contributed by atoms with van der Waals surface area (Å²) < 4.78 is 7.87. The lowest BCUT2D eigenvalue weighted by Crippen LogP contribution is -2.33. The van der Waals surface area contributed by atoms with Crippen molar-refractivity contribution in [1.82, 2.24) is 9.55 Å². The van der Waals surface area contributed by atoms with Crippen LogP contribution in [0.25, 0.3) is 0 Å². The van der Waals surface area contributed by atoms with Gasteiger partial charge >= 0.3 is 0 Å². The van der Waals surface area contributed by atoms with Crippen LogP contribution in [0.1, 0.15) is 38.6 Å². The van der Waals surface area contributed by atoms with Gasteiger partial charge in [0.05, 0.1) is 12.1 Å². The quantitative estimate of drug-likeness (QED) is 0.799. The molecule has 90 valence electrons. The molecule has 4 nitrogen and oxygen atoms in total. The van der Waals surface area contributed by atoms with Crippen molar-refractivity contribution in [2.24, 2.45) is 11.7 Å². The monoisotopic (exact) mass is 223 g/mol. The van der Waals surface area contributed by atoms with Crippen molar-refractivity contribution < 1.29 is 4.74 Å². The van der Waals surface area contributed by atoms with Gasteiger partial charge in [-0.15, -0.1) is 0 Å². The molecule has 16 heavy (non-hydrogen) atoms. The summed E-state index contributed by atoms with van der Waals surface area (Å²) >= 11 is 0. The summed E-state index contributed by atoms with van der Waals surface area (Å²) in [5.74, 6) is 1.59. The van der Waals surface area contributed by atoms with Gasteiger partial charge in [-0.2, -0.15) is 0 Å². The number of rotatable bonds is 6. The number of nitrogens with zero attached hydrogens (tertiary/aromatic N) is 2. The molecule has 0 radical (unpaired) electrons. The van der Waals surface area contributed by atoms with E-state index in [-0.39, 0.29) is 12.1 Å². The fraction of sp³-hybridized carbons (Fsp3) is 0.750. The van der Waals surface area contributed by atoms with Crippen molar-refractivity contribution in [3.63, 3.8) is 0 Å². The molecule has 1 aliphatic rings. The molecule has 0 spiro atoms. The van der Waals surface area contributed by atoms with Crippen LogP contribution in [0.15, 0.2) is 12.4 Å². The maximum absolute atomic E-state index is 6.28. The van der Waals surface area contributed by atoms with Gasteiger partial charge in [0.2, 0.25) is 0 Å². The third-order valence-electron chi connectivity index (χ3n) is 3.19. The summed E-state index contributed by atoms with van der Waals surface area (Å²) in [5.41, 5.74) is 6.28. The normalized spacial score (nSPS) is 19.7. The van der Waals surface area contributed by atoms with E-state index in [4.69, 9.17) is 10.5 Å². The van der Waals surface area contributed by atoms with Gasteiger partial charge in [-0.25, -0.2) is 4.98 Å². The minimum absolute atomic E-state index is 0.0950.